The second-order valence-corrected chi connectivity index (χ2v) is 3.55. The van der Waals surface area contributed by atoms with Crippen LogP contribution >= 0.6 is 0 Å². The third-order valence-corrected chi connectivity index (χ3v) is 1.76. The predicted octanol–water partition coefficient (Wildman–Crippen LogP) is -1.08. The van der Waals surface area contributed by atoms with E-state index in [1.807, 2.05) is 0 Å². The predicted molar refractivity (Wildman–Crippen MR) is 50.0 cm³/mol. The molecule has 0 fully saturated rings. The molecule has 0 aliphatic rings. The molecule has 0 atom stereocenters. The Kier molecular flexibility index (Phi) is 6.11. The SMILES string of the molecule is O=C([N-]S(=O)(=O)F)OCc1ccccc1.[Li+]. The molecule has 0 bridgehead atoms. The molecule has 0 aliphatic carbocycles. The number of amides is 1. The van der Waals surface area contributed by atoms with E-state index >= 15 is 0 Å². The fraction of sp³-hybridized carbons (Fsp3) is 0.125. The van der Waals surface area contributed by atoms with E-state index in [4.69, 9.17) is 0 Å². The molecule has 82 valence electrons. The third kappa shape index (κ3) is 6.45. The largest absolute Gasteiger partial charge is 1.00 e. The molecule has 0 aliphatic heterocycles. The van der Waals surface area contributed by atoms with Gasteiger partial charge in [0.15, 0.2) is 0 Å². The zero-order valence-corrected chi connectivity index (χ0v) is 9.28. The quantitative estimate of drug-likeness (QED) is 0.496. The Bertz CT molecular complexity index is 437. The van der Waals surface area contributed by atoms with Gasteiger partial charge in [-0.3, -0.25) is 4.79 Å². The smallest absolute Gasteiger partial charge is 0.483 e. The van der Waals surface area contributed by atoms with Gasteiger partial charge in [-0.2, -0.15) is 0 Å². The maximum absolute atomic E-state index is 11.9. The molecule has 0 heterocycles. The second-order valence-electron chi connectivity index (χ2n) is 2.54. The molecule has 1 aromatic rings. The topological polar surface area (TPSA) is 74.5 Å². The van der Waals surface area contributed by atoms with Gasteiger partial charge < -0.3 is 9.46 Å². The molecule has 1 rings (SSSR count). The summed E-state index contributed by atoms with van der Waals surface area (Å²) in [6.07, 6.45) is -1.47. The van der Waals surface area contributed by atoms with Crippen molar-refractivity contribution in [2.75, 3.05) is 0 Å². The van der Waals surface area contributed by atoms with Crippen molar-refractivity contribution in [3.8, 4) is 0 Å². The van der Waals surface area contributed by atoms with Crippen LogP contribution in [0.5, 0.6) is 0 Å². The number of hydrogen-bond acceptors (Lipinski definition) is 4. The van der Waals surface area contributed by atoms with E-state index in [1.54, 1.807) is 30.3 Å². The van der Waals surface area contributed by atoms with E-state index in [9.17, 15) is 17.1 Å². The Morgan fingerprint density at radius 1 is 1.31 bits per heavy atom. The van der Waals surface area contributed by atoms with E-state index in [1.165, 1.54) is 0 Å². The Labute approximate surface area is 105 Å². The van der Waals surface area contributed by atoms with Gasteiger partial charge >= 0.3 is 18.9 Å². The monoisotopic (exact) mass is 239 g/mol. The Balaban J connectivity index is 0.00000225. The molecule has 0 unspecified atom stereocenters. The molecule has 0 saturated carbocycles. The number of halogens is 1. The van der Waals surface area contributed by atoms with E-state index in [2.05, 4.69) is 9.46 Å². The summed E-state index contributed by atoms with van der Waals surface area (Å²) < 4.78 is 38.3. The number of ether oxygens (including phenoxy) is 1. The van der Waals surface area contributed by atoms with Gasteiger partial charge in [0, 0.05) is 0 Å². The van der Waals surface area contributed by atoms with Gasteiger partial charge in [0.25, 0.3) is 10.4 Å². The molecule has 0 radical (unpaired) electrons. The van der Waals surface area contributed by atoms with Gasteiger partial charge in [0.1, 0.15) is 6.61 Å². The number of carbonyl (C=O) groups excluding carboxylic acids is 1. The average Bonchev–Trinajstić information content (AvgIpc) is 2.14. The molecule has 16 heavy (non-hydrogen) atoms. The molecule has 0 saturated heterocycles. The summed E-state index contributed by atoms with van der Waals surface area (Å²) in [4.78, 5) is 10.6. The van der Waals surface area contributed by atoms with Crippen LogP contribution < -0.4 is 18.9 Å². The number of carbonyl (C=O) groups is 1. The van der Waals surface area contributed by atoms with E-state index in [-0.39, 0.29) is 25.5 Å². The second kappa shape index (κ2) is 6.53. The van der Waals surface area contributed by atoms with Gasteiger partial charge in [0.2, 0.25) is 6.09 Å². The average molecular weight is 239 g/mol. The van der Waals surface area contributed by atoms with Crippen molar-refractivity contribution in [3.05, 3.63) is 40.6 Å². The molecule has 0 aromatic heterocycles. The fourth-order valence-corrected chi connectivity index (χ4v) is 1.07. The fourth-order valence-electron chi connectivity index (χ4n) is 0.835. The first-order valence-electron chi connectivity index (χ1n) is 3.85. The van der Waals surface area contributed by atoms with Crippen molar-refractivity contribution in [1.29, 1.82) is 0 Å². The normalized spacial score (nSPS) is 10.1. The van der Waals surface area contributed by atoms with Crippen LogP contribution in [0.3, 0.4) is 0 Å². The molecule has 0 N–H and O–H groups in total. The Hall–Kier alpha value is -1.03. The van der Waals surface area contributed by atoms with Crippen LogP contribution in [0.25, 0.3) is 4.72 Å². The summed E-state index contributed by atoms with van der Waals surface area (Å²) in [5.74, 6) is 0. The minimum Gasteiger partial charge on any atom is -0.483 e. The number of rotatable bonds is 3. The summed E-state index contributed by atoms with van der Waals surface area (Å²) in [6, 6.07) is 8.52. The Morgan fingerprint density at radius 3 is 2.38 bits per heavy atom. The molecular formula is C8H7FLiNO4S. The van der Waals surface area contributed by atoms with Crippen molar-refractivity contribution in [3.63, 3.8) is 0 Å². The van der Waals surface area contributed by atoms with Crippen molar-refractivity contribution in [1.82, 2.24) is 0 Å². The van der Waals surface area contributed by atoms with Gasteiger partial charge in [-0.25, -0.2) is 8.42 Å². The van der Waals surface area contributed by atoms with E-state index in [0.29, 0.717) is 5.56 Å². The van der Waals surface area contributed by atoms with Gasteiger partial charge in [-0.15, -0.1) is 3.89 Å². The zero-order valence-electron chi connectivity index (χ0n) is 8.46. The van der Waals surface area contributed by atoms with E-state index < -0.39 is 16.5 Å². The zero-order chi connectivity index (χ0) is 11.3. The van der Waals surface area contributed by atoms with Crippen LogP contribution in [0.15, 0.2) is 30.3 Å². The molecule has 0 spiro atoms. The summed E-state index contributed by atoms with van der Waals surface area (Å²) in [5, 5.41) is 0. The van der Waals surface area contributed by atoms with Crippen LogP contribution in [0, 0.1) is 0 Å². The first-order chi connectivity index (χ1) is 6.97. The van der Waals surface area contributed by atoms with Crippen molar-refractivity contribution in [2.45, 2.75) is 6.61 Å². The van der Waals surface area contributed by atoms with Crippen molar-refractivity contribution < 1.29 is 40.7 Å². The molecule has 1 aromatic carbocycles. The van der Waals surface area contributed by atoms with Gasteiger partial charge in [-0.05, 0) is 5.56 Å². The van der Waals surface area contributed by atoms with Gasteiger partial charge in [-0.1, -0.05) is 30.3 Å². The van der Waals surface area contributed by atoms with Crippen LogP contribution in [-0.4, -0.2) is 14.5 Å². The number of nitrogens with zero attached hydrogens (tertiary/aromatic N) is 1. The third-order valence-electron chi connectivity index (χ3n) is 1.39. The van der Waals surface area contributed by atoms with Crippen LogP contribution in [-0.2, 0) is 21.8 Å². The van der Waals surface area contributed by atoms with E-state index in [0.717, 1.165) is 0 Å². The van der Waals surface area contributed by atoms with Crippen LogP contribution in [0.2, 0.25) is 0 Å². The van der Waals surface area contributed by atoms with Crippen molar-refractivity contribution >= 4 is 16.5 Å². The van der Waals surface area contributed by atoms with Crippen LogP contribution in [0.4, 0.5) is 8.68 Å². The minimum absolute atomic E-state index is 0. The summed E-state index contributed by atoms with van der Waals surface area (Å²) in [7, 11) is -5.18. The molecular weight excluding hydrogens is 232 g/mol. The first-order valence-corrected chi connectivity index (χ1v) is 5.20. The summed E-state index contributed by atoms with van der Waals surface area (Å²) in [5.41, 5.74) is 0.650. The number of hydrogen-bond donors (Lipinski definition) is 0. The standard InChI is InChI=1S/C8H8FNO4S.Li/c9-15(12,13)10-8(11)14-6-7-4-2-1-3-5-7;/h1-5H,6H2,(H,10,11);/q;+1/p-1. The van der Waals surface area contributed by atoms with Gasteiger partial charge in [0.05, 0.1) is 0 Å². The van der Waals surface area contributed by atoms with Crippen LogP contribution in [0.1, 0.15) is 5.56 Å². The molecule has 5 nitrogen and oxygen atoms in total. The maximum atomic E-state index is 11.9. The molecule has 1 amide bonds. The summed E-state index contributed by atoms with van der Waals surface area (Å²) >= 11 is 0. The molecule has 8 heteroatoms. The minimum atomic E-state index is -5.18. The maximum Gasteiger partial charge on any atom is 1.00 e. The summed E-state index contributed by atoms with van der Waals surface area (Å²) in [6.45, 7) is -0.154. The Morgan fingerprint density at radius 2 is 1.88 bits per heavy atom. The number of benzene rings is 1. The van der Waals surface area contributed by atoms with Crippen molar-refractivity contribution in [2.24, 2.45) is 0 Å². The first kappa shape index (κ1) is 15.0.